The fourth-order valence-electron chi connectivity index (χ4n) is 17.3. The summed E-state index contributed by atoms with van der Waals surface area (Å²) in [5.41, 5.74) is 23.1. The van der Waals surface area contributed by atoms with E-state index in [-0.39, 0.29) is 0 Å². The van der Waals surface area contributed by atoms with Crippen LogP contribution in [0, 0.1) is 0 Å². The van der Waals surface area contributed by atoms with Gasteiger partial charge in [0.1, 0.15) is 33.5 Å². The van der Waals surface area contributed by atoms with E-state index in [1.165, 1.54) is 48.6 Å². The standard InChI is InChI=1S/C56H36N2O2.C53H42N2OSi/c1-4-14-39(15-5-1)57(40-16-6-2-7-17-40)42-27-24-37(25-28-42)38-26-31-48-50(34-38)45-20-10-11-22-47(45)55-49-32-29-44(36-54(49)60-56(48)55)58(41-18-8-3-9-19-41)43-30-33-53-51(35-43)46-21-12-13-23-52(46)59-53;1-57(2,3)45-31-28-43(29-32-45)54(39-15-7-4-8-16-39)42-26-23-37(24-27-42)38-25-33-48-50(35-38)46-21-13-14-22-47(46)52-49-34-30-44(36-51(49)56-53(48)52)55(40-17-9-5-10-18-40)41-19-11-6-12-20-41/h1-36H;4-36H,1-3H3. The fraction of sp³-hybridized carbons (Fsp3) is 0.0275. The van der Waals surface area contributed by atoms with Crippen molar-refractivity contribution in [1.82, 2.24) is 0 Å². The van der Waals surface area contributed by atoms with E-state index in [1.54, 1.807) is 0 Å². The molecule has 0 aliphatic rings. The van der Waals surface area contributed by atoms with Gasteiger partial charge >= 0.3 is 0 Å². The van der Waals surface area contributed by atoms with Gasteiger partial charge in [-0.3, -0.25) is 0 Å². The van der Waals surface area contributed by atoms with Crippen LogP contribution < -0.4 is 24.8 Å². The largest absolute Gasteiger partial charge is 0.456 e. The van der Waals surface area contributed by atoms with Crippen LogP contribution in [0.1, 0.15) is 0 Å². The molecule has 7 nitrogen and oxygen atoms in total. The van der Waals surface area contributed by atoms with Crippen molar-refractivity contribution < 1.29 is 13.3 Å². The Hall–Kier alpha value is -15.0. The topological polar surface area (TPSA) is 52.4 Å². The second-order valence-corrected chi connectivity index (χ2v) is 36.2. The number of hydrogen-bond acceptors (Lipinski definition) is 7. The number of benzene rings is 19. The highest BCUT2D eigenvalue weighted by atomic mass is 28.3. The number of anilines is 12. The van der Waals surface area contributed by atoms with Gasteiger partial charge in [-0.2, -0.15) is 0 Å². The lowest BCUT2D eigenvalue weighted by molar-refractivity contribution is 0.669. The van der Waals surface area contributed by atoms with Gasteiger partial charge in [-0.15, -0.1) is 0 Å². The molecule has 0 aliphatic heterocycles. The van der Waals surface area contributed by atoms with Crippen molar-refractivity contribution in [2.75, 3.05) is 19.6 Å². The third kappa shape index (κ3) is 12.7. The number of nitrogens with zero attached hydrogens (tertiary/aromatic N) is 4. The second-order valence-electron chi connectivity index (χ2n) is 31.1. The Bertz CT molecular complexity index is 7380. The molecule has 0 amide bonds. The van der Waals surface area contributed by atoms with Crippen LogP contribution in [0.3, 0.4) is 0 Å². The third-order valence-electron chi connectivity index (χ3n) is 23.0. The van der Waals surface area contributed by atoms with Crippen molar-refractivity contribution in [3.8, 4) is 22.3 Å². The summed E-state index contributed by atoms with van der Waals surface area (Å²) < 4.78 is 20.1. The summed E-state index contributed by atoms with van der Waals surface area (Å²) in [5, 5.41) is 17.5. The minimum Gasteiger partial charge on any atom is -0.456 e. The van der Waals surface area contributed by atoms with Gasteiger partial charge in [0, 0.05) is 123 Å². The minimum absolute atomic E-state index is 0.844. The van der Waals surface area contributed by atoms with Gasteiger partial charge in [-0.1, -0.05) is 249 Å². The Morgan fingerprint density at radius 1 is 0.171 bits per heavy atom. The quantitative estimate of drug-likeness (QED) is 0.0749. The van der Waals surface area contributed by atoms with Crippen molar-refractivity contribution in [3.63, 3.8) is 0 Å². The highest BCUT2D eigenvalue weighted by Gasteiger charge is 2.25. The number of furan rings is 3. The molecule has 556 valence electrons. The molecule has 0 saturated heterocycles. The zero-order chi connectivity index (χ0) is 78.1. The molecule has 0 unspecified atom stereocenters. The first-order valence-corrected chi connectivity index (χ1v) is 43.5. The van der Waals surface area contributed by atoms with Crippen molar-refractivity contribution >= 4 is 190 Å². The highest BCUT2D eigenvalue weighted by molar-refractivity contribution is 6.88. The zero-order valence-electron chi connectivity index (χ0n) is 64.9. The number of fused-ring (bicyclic) bond motifs is 19. The van der Waals surface area contributed by atoms with Crippen LogP contribution in [0.2, 0.25) is 19.6 Å². The average molecular weight is 1520 g/mol. The predicted octanol–water partition coefficient (Wildman–Crippen LogP) is 31.4. The maximum absolute atomic E-state index is 6.98. The lowest BCUT2D eigenvalue weighted by Crippen LogP contribution is -2.37. The zero-order valence-corrected chi connectivity index (χ0v) is 65.9. The lowest BCUT2D eigenvalue weighted by Gasteiger charge is -2.26. The molecule has 3 aromatic heterocycles. The fourth-order valence-corrected chi connectivity index (χ4v) is 18.5. The molecule has 0 atom stereocenters. The Morgan fingerprint density at radius 2 is 0.453 bits per heavy atom. The second kappa shape index (κ2) is 29.2. The molecule has 0 N–H and O–H groups in total. The molecule has 22 rings (SSSR count). The first kappa shape index (κ1) is 69.9. The normalized spacial score (nSPS) is 11.7. The molecule has 8 heteroatoms. The Balaban J connectivity index is 0.000000146. The molecule has 117 heavy (non-hydrogen) atoms. The van der Waals surface area contributed by atoms with Crippen LogP contribution in [-0.4, -0.2) is 8.07 Å². The van der Waals surface area contributed by atoms with E-state index in [4.69, 9.17) is 13.3 Å². The molecule has 0 bridgehead atoms. The molecular formula is C109H78N4O3Si. The van der Waals surface area contributed by atoms with Crippen LogP contribution in [0.25, 0.3) is 131 Å². The van der Waals surface area contributed by atoms with E-state index in [0.29, 0.717) is 0 Å². The van der Waals surface area contributed by atoms with E-state index < -0.39 is 8.07 Å². The summed E-state index contributed by atoms with van der Waals surface area (Å²) in [6.07, 6.45) is 0. The van der Waals surface area contributed by atoms with Crippen LogP contribution >= 0.6 is 0 Å². The highest BCUT2D eigenvalue weighted by Crippen LogP contribution is 2.49. The summed E-state index contributed by atoms with van der Waals surface area (Å²) in [6, 6.07) is 149. The molecule has 3 heterocycles. The monoisotopic (exact) mass is 1520 g/mol. The van der Waals surface area contributed by atoms with E-state index in [0.717, 1.165) is 156 Å². The summed E-state index contributed by atoms with van der Waals surface area (Å²) in [7, 11) is -1.41. The molecular weight excluding hydrogens is 1440 g/mol. The van der Waals surface area contributed by atoms with Gasteiger partial charge in [-0.05, 0) is 237 Å². The van der Waals surface area contributed by atoms with Crippen molar-refractivity contribution in [3.05, 3.63) is 419 Å². The summed E-state index contributed by atoms with van der Waals surface area (Å²) in [5.74, 6) is 0. The van der Waals surface area contributed by atoms with Crippen molar-refractivity contribution in [2.45, 2.75) is 19.6 Å². The minimum atomic E-state index is -1.41. The Kier molecular flexibility index (Phi) is 17.5. The van der Waals surface area contributed by atoms with E-state index in [9.17, 15) is 0 Å². The smallest absolute Gasteiger partial charge is 0.143 e. The van der Waals surface area contributed by atoms with Gasteiger partial charge in [0.05, 0.1) is 8.07 Å². The number of rotatable bonds is 15. The molecule has 19 aromatic carbocycles. The molecule has 0 spiro atoms. The maximum atomic E-state index is 6.98. The van der Waals surface area contributed by atoms with Crippen LogP contribution in [-0.2, 0) is 0 Å². The first-order valence-electron chi connectivity index (χ1n) is 40.0. The van der Waals surface area contributed by atoms with Gasteiger partial charge in [0.25, 0.3) is 0 Å². The maximum Gasteiger partial charge on any atom is 0.143 e. The van der Waals surface area contributed by atoms with Crippen LogP contribution in [0.15, 0.2) is 432 Å². The molecule has 0 fully saturated rings. The van der Waals surface area contributed by atoms with Crippen LogP contribution in [0.5, 0.6) is 0 Å². The van der Waals surface area contributed by atoms with E-state index in [2.05, 4.69) is 446 Å². The Labute approximate surface area is 679 Å². The first-order chi connectivity index (χ1) is 57.7. The summed E-state index contributed by atoms with van der Waals surface area (Å²) in [6.45, 7) is 7.19. The van der Waals surface area contributed by atoms with Gasteiger partial charge < -0.3 is 32.9 Å². The Morgan fingerprint density at radius 3 is 0.846 bits per heavy atom. The molecule has 0 radical (unpaired) electrons. The molecule has 0 saturated carbocycles. The van der Waals surface area contributed by atoms with Gasteiger partial charge in [0.2, 0.25) is 0 Å². The summed E-state index contributed by atoms with van der Waals surface area (Å²) in [4.78, 5) is 9.21. The summed E-state index contributed by atoms with van der Waals surface area (Å²) >= 11 is 0. The molecule has 22 aromatic rings. The van der Waals surface area contributed by atoms with E-state index >= 15 is 0 Å². The number of hydrogen-bond donors (Lipinski definition) is 0. The number of para-hydroxylation sites is 7. The molecule has 0 aliphatic carbocycles. The van der Waals surface area contributed by atoms with Crippen molar-refractivity contribution in [1.29, 1.82) is 0 Å². The van der Waals surface area contributed by atoms with Crippen molar-refractivity contribution in [2.24, 2.45) is 0 Å². The lowest BCUT2D eigenvalue weighted by atomic mass is 9.94. The van der Waals surface area contributed by atoms with Crippen LogP contribution in [0.4, 0.5) is 68.2 Å². The van der Waals surface area contributed by atoms with Gasteiger partial charge in [-0.25, -0.2) is 0 Å². The predicted molar refractivity (Wildman–Crippen MR) is 497 cm³/mol. The van der Waals surface area contributed by atoms with Gasteiger partial charge in [0.15, 0.2) is 0 Å². The van der Waals surface area contributed by atoms with E-state index in [1.807, 2.05) is 12.1 Å². The SMILES string of the molecule is C[Si](C)(C)c1ccc(N(c2ccccc2)c2ccc(-c3ccc4c(c3)c3ccccc3c3c5ccc(N(c6ccccc6)c6ccccc6)cc5oc43)cc2)cc1.c1ccc(N(c2ccccc2)c2ccc(-c3ccc4c(c3)c3ccccc3c3c5ccc(N(c6ccccc6)c6ccc7oc8ccccc8c7c6)cc5oc43)cc2)cc1. The third-order valence-corrected chi connectivity index (χ3v) is 25.0. The average Bonchev–Trinajstić information content (AvgIpc) is 1.63.